The smallest absolute Gasteiger partial charge is 0.136 e. The van der Waals surface area contributed by atoms with Crippen LogP contribution in [0.25, 0.3) is 127 Å². The van der Waals surface area contributed by atoms with E-state index in [4.69, 9.17) is 4.42 Å². The van der Waals surface area contributed by atoms with Crippen LogP contribution in [0, 0.1) is 0 Å². The Balaban J connectivity index is 1.02. The maximum Gasteiger partial charge on any atom is 0.136 e. The predicted octanol–water partition coefficient (Wildman–Crippen LogP) is 16.2. The van der Waals surface area contributed by atoms with Crippen molar-refractivity contribution in [3.63, 3.8) is 0 Å². The average Bonchev–Trinajstić information content (AvgIpc) is 4.10. The molecule has 4 heteroatoms. The number of para-hydroxylation sites is 7. The first-order valence-corrected chi connectivity index (χ1v) is 21.9. The van der Waals surface area contributed by atoms with E-state index < -0.39 is 0 Å². The van der Waals surface area contributed by atoms with Crippen LogP contribution >= 0.6 is 0 Å². The Morgan fingerprint density at radius 1 is 0.266 bits per heavy atom. The lowest BCUT2D eigenvalue weighted by molar-refractivity contribution is 0.669. The minimum atomic E-state index is 0.893. The molecule has 10 aromatic carbocycles. The summed E-state index contributed by atoms with van der Waals surface area (Å²) in [7, 11) is 0. The molecule has 14 aromatic rings. The van der Waals surface area contributed by atoms with Gasteiger partial charge in [0.15, 0.2) is 0 Å². The van der Waals surface area contributed by atoms with E-state index in [-0.39, 0.29) is 0 Å². The van der Waals surface area contributed by atoms with Crippen LogP contribution in [0.15, 0.2) is 229 Å². The molecule has 14 rings (SSSR count). The highest BCUT2D eigenvalue weighted by Gasteiger charge is 2.24. The van der Waals surface area contributed by atoms with Gasteiger partial charge in [-0.05, 0) is 90.0 Å². The molecule has 0 N–H and O–H groups in total. The van der Waals surface area contributed by atoms with Crippen molar-refractivity contribution in [2.75, 3.05) is 0 Å². The normalized spacial score (nSPS) is 12.1. The number of furan rings is 1. The molecule has 298 valence electrons. The number of hydrogen-bond acceptors (Lipinski definition) is 1. The van der Waals surface area contributed by atoms with Crippen molar-refractivity contribution in [2.45, 2.75) is 0 Å². The summed E-state index contributed by atoms with van der Waals surface area (Å²) in [5.41, 5.74) is 17.0. The van der Waals surface area contributed by atoms with Gasteiger partial charge in [-0.15, -0.1) is 0 Å². The van der Waals surface area contributed by atoms with Gasteiger partial charge < -0.3 is 18.1 Å². The van der Waals surface area contributed by atoms with Crippen LogP contribution in [0.4, 0.5) is 0 Å². The fraction of sp³-hybridized carbons (Fsp3) is 0. The van der Waals surface area contributed by atoms with E-state index in [0.717, 1.165) is 50.1 Å². The molecule has 4 aromatic heterocycles. The van der Waals surface area contributed by atoms with Gasteiger partial charge in [0.25, 0.3) is 0 Å². The second-order valence-corrected chi connectivity index (χ2v) is 16.8. The quantitative estimate of drug-likeness (QED) is 0.170. The zero-order chi connectivity index (χ0) is 41.9. The fourth-order valence-electron chi connectivity index (χ4n) is 10.8. The van der Waals surface area contributed by atoms with E-state index in [1.165, 1.54) is 76.5 Å². The summed E-state index contributed by atoms with van der Waals surface area (Å²) in [4.78, 5) is 0. The van der Waals surface area contributed by atoms with Crippen LogP contribution in [0.3, 0.4) is 0 Å². The maximum absolute atomic E-state index is 6.39. The van der Waals surface area contributed by atoms with Crippen molar-refractivity contribution in [3.8, 4) is 39.3 Å². The Labute approximate surface area is 367 Å². The van der Waals surface area contributed by atoms with E-state index >= 15 is 0 Å². The second-order valence-electron chi connectivity index (χ2n) is 16.8. The molecule has 0 spiro atoms. The summed E-state index contributed by atoms with van der Waals surface area (Å²) >= 11 is 0. The molecule has 4 nitrogen and oxygen atoms in total. The Bertz CT molecular complexity index is 4200. The molecule has 0 aliphatic rings. The van der Waals surface area contributed by atoms with Gasteiger partial charge >= 0.3 is 0 Å². The van der Waals surface area contributed by atoms with Crippen LogP contribution in [-0.4, -0.2) is 13.7 Å². The van der Waals surface area contributed by atoms with Crippen molar-refractivity contribution < 1.29 is 4.42 Å². The third-order valence-electron chi connectivity index (χ3n) is 13.5. The summed E-state index contributed by atoms with van der Waals surface area (Å²) in [6, 6.07) is 81.4. The Kier molecular flexibility index (Phi) is 7.36. The first kappa shape index (κ1) is 35.0. The molecule has 0 bridgehead atoms. The summed E-state index contributed by atoms with van der Waals surface area (Å²) < 4.78 is 13.7. The largest absolute Gasteiger partial charge is 0.456 e. The van der Waals surface area contributed by atoms with Crippen LogP contribution in [0.2, 0.25) is 0 Å². The van der Waals surface area contributed by atoms with Gasteiger partial charge in [0, 0.05) is 59.9 Å². The summed E-state index contributed by atoms with van der Waals surface area (Å²) in [6.45, 7) is 0. The number of fused-ring (bicyclic) bond motifs is 13. The van der Waals surface area contributed by atoms with E-state index in [1.54, 1.807) is 0 Å². The number of benzene rings is 10. The molecule has 0 saturated heterocycles. The monoisotopic (exact) mass is 815 g/mol. The summed E-state index contributed by atoms with van der Waals surface area (Å²) in [5, 5.41) is 9.69. The summed E-state index contributed by atoms with van der Waals surface area (Å²) in [5.74, 6) is 0. The van der Waals surface area contributed by atoms with Crippen LogP contribution in [-0.2, 0) is 0 Å². The summed E-state index contributed by atoms with van der Waals surface area (Å²) in [6.07, 6.45) is 0. The van der Waals surface area contributed by atoms with Gasteiger partial charge in [0.05, 0.1) is 44.5 Å². The highest BCUT2D eigenvalue weighted by Crippen LogP contribution is 2.46. The number of nitrogens with zero attached hydrogens (tertiary/aromatic N) is 3. The molecule has 0 aliphatic heterocycles. The van der Waals surface area contributed by atoms with E-state index in [2.05, 4.69) is 232 Å². The third kappa shape index (κ3) is 4.88. The van der Waals surface area contributed by atoms with Gasteiger partial charge in [-0.3, -0.25) is 0 Å². The van der Waals surface area contributed by atoms with Crippen LogP contribution in [0.5, 0.6) is 0 Å². The van der Waals surface area contributed by atoms with Gasteiger partial charge in [-0.1, -0.05) is 146 Å². The van der Waals surface area contributed by atoms with Crippen molar-refractivity contribution in [3.05, 3.63) is 224 Å². The van der Waals surface area contributed by atoms with Gasteiger partial charge in [0.2, 0.25) is 0 Å². The molecule has 4 heterocycles. The first-order chi connectivity index (χ1) is 31.8. The lowest BCUT2D eigenvalue weighted by atomic mass is 9.97. The molecular formula is C60H37N3O. The Hall–Kier alpha value is -8.60. The Morgan fingerprint density at radius 2 is 0.750 bits per heavy atom. The molecule has 0 radical (unpaired) electrons. The molecular weight excluding hydrogens is 779 g/mol. The van der Waals surface area contributed by atoms with E-state index in [9.17, 15) is 0 Å². The van der Waals surface area contributed by atoms with Crippen molar-refractivity contribution in [1.82, 2.24) is 13.7 Å². The molecule has 0 atom stereocenters. The van der Waals surface area contributed by atoms with Crippen molar-refractivity contribution >= 4 is 87.4 Å². The Morgan fingerprint density at radius 3 is 1.45 bits per heavy atom. The highest BCUT2D eigenvalue weighted by atomic mass is 16.3. The van der Waals surface area contributed by atoms with Crippen LogP contribution < -0.4 is 0 Å². The lowest BCUT2D eigenvalue weighted by Gasteiger charge is -2.15. The topological polar surface area (TPSA) is 27.9 Å². The SMILES string of the molecule is c1ccc(-n2c3ccccc3c3cc(-c4ccccc4-n4c5ccccc5c5c6c7ccccc7n(-c7ccccc7-c7cccc8oc9ccccc9c78)c6ccc54)ccc32)cc1. The molecule has 0 saturated carbocycles. The van der Waals surface area contributed by atoms with Gasteiger partial charge in [0.1, 0.15) is 11.2 Å². The zero-order valence-electron chi connectivity index (χ0n) is 34.6. The maximum atomic E-state index is 6.39. The van der Waals surface area contributed by atoms with Crippen molar-refractivity contribution in [1.29, 1.82) is 0 Å². The average molecular weight is 816 g/mol. The standard InChI is InChI=1S/C60H37N3O/c1-2-17-39(18-3-1)61-49-27-11-6-21-42(49)47-37-38(33-34-53(47)61)40-19-4-10-26-48(40)62-51-29-13-7-22-44(51)59-54(62)35-36-55-60(59)45-23-8-14-30-52(45)63(55)50-28-12-5-20-41(50)43-25-16-32-57-58(43)46-24-9-15-31-56(46)64-57/h1-37H. The predicted molar refractivity (Wildman–Crippen MR) is 268 cm³/mol. The zero-order valence-corrected chi connectivity index (χ0v) is 34.6. The lowest BCUT2D eigenvalue weighted by Crippen LogP contribution is -1.98. The number of rotatable bonds is 5. The second kappa shape index (κ2) is 13.4. The molecule has 0 aliphatic carbocycles. The molecule has 0 unspecified atom stereocenters. The van der Waals surface area contributed by atoms with E-state index in [1.807, 2.05) is 6.07 Å². The minimum absolute atomic E-state index is 0.893. The van der Waals surface area contributed by atoms with E-state index in [0.29, 0.717) is 0 Å². The van der Waals surface area contributed by atoms with Crippen LogP contribution in [0.1, 0.15) is 0 Å². The van der Waals surface area contributed by atoms with Gasteiger partial charge in [-0.2, -0.15) is 0 Å². The van der Waals surface area contributed by atoms with Gasteiger partial charge in [-0.25, -0.2) is 0 Å². The first-order valence-electron chi connectivity index (χ1n) is 21.9. The minimum Gasteiger partial charge on any atom is -0.456 e. The fourth-order valence-corrected chi connectivity index (χ4v) is 10.8. The molecule has 0 amide bonds. The molecule has 0 fully saturated rings. The number of hydrogen-bond donors (Lipinski definition) is 0. The van der Waals surface area contributed by atoms with Crippen molar-refractivity contribution in [2.24, 2.45) is 0 Å². The third-order valence-corrected chi connectivity index (χ3v) is 13.5. The number of aromatic nitrogens is 3. The molecule has 64 heavy (non-hydrogen) atoms. The highest BCUT2D eigenvalue weighted by molar-refractivity contribution is 6.29.